The number of rotatable bonds is 6. The van der Waals surface area contributed by atoms with Crippen molar-refractivity contribution in [3.05, 3.63) is 185 Å². The Kier molecular flexibility index (Phi) is 7.29. The summed E-state index contributed by atoms with van der Waals surface area (Å²) in [5.41, 5.74) is 13.1. The molecule has 2 aliphatic carbocycles. The number of hydrogen-bond acceptors (Lipinski definition) is 4. The van der Waals surface area contributed by atoms with E-state index in [1.54, 1.807) is 11.3 Å². The zero-order valence-electron chi connectivity index (χ0n) is 26.8. The van der Waals surface area contributed by atoms with E-state index in [4.69, 9.17) is 15.0 Å². The summed E-state index contributed by atoms with van der Waals surface area (Å²) >= 11 is 1.75. The largest absolute Gasteiger partial charge is 0.208 e. The molecule has 0 saturated heterocycles. The van der Waals surface area contributed by atoms with Crippen LogP contribution in [0.2, 0.25) is 0 Å². The summed E-state index contributed by atoms with van der Waals surface area (Å²) in [5, 5.41) is 3.41. The second-order valence-electron chi connectivity index (χ2n) is 12.4. The highest BCUT2D eigenvalue weighted by Crippen LogP contribution is 2.50. The number of thiophene rings is 1. The zero-order chi connectivity index (χ0) is 32.7. The van der Waals surface area contributed by atoms with Gasteiger partial charge in [-0.3, -0.25) is 0 Å². The molecule has 0 fully saturated rings. The Morgan fingerprint density at radius 2 is 1.27 bits per heavy atom. The maximum Gasteiger partial charge on any atom is 0.164 e. The molecular formula is C45H31N3S. The van der Waals surface area contributed by atoms with Gasteiger partial charge in [0.15, 0.2) is 17.5 Å². The lowest BCUT2D eigenvalue weighted by Gasteiger charge is -2.33. The summed E-state index contributed by atoms with van der Waals surface area (Å²) < 4.78 is 1.22. The number of aromatic nitrogens is 3. The lowest BCUT2D eigenvalue weighted by molar-refractivity contribution is 0.862. The van der Waals surface area contributed by atoms with Gasteiger partial charge in [0.25, 0.3) is 0 Å². The predicted molar refractivity (Wildman–Crippen MR) is 205 cm³/mol. The summed E-state index contributed by atoms with van der Waals surface area (Å²) in [6.45, 7) is 4.26. The number of allylic oxidation sites excluding steroid dienone is 6. The smallest absolute Gasteiger partial charge is 0.164 e. The van der Waals surface area contributed by atoms with Gasteiger partial charge in [-0.25, -0.2) is 15.0 Å². The van der Waals surface area contributed by atoms with Gasteiger partial charge in [0.05, 0.1) is 0 Å². The molecule has 4 heteroatoms. The predicted octanol–water partition coefficient (Wildman–Crippen LogP) is 11.8. The van der Waals surface area contributed by atoms with Crippen molar-refractivity contribution in [1.82, 2.24) is 15.0 Å². The van der Waals surface area contributed by atoms with Crippen molar-refractivity contribution in [3.8, 4) is 45.3 Å². The molecule has 49 heavy (non-hydrogen) atoms. The molecular weight excluding hydrogens is 615 g/mol. The van der Waals surface area contributed by atoms with Crippen molar-refractivity contribution in [2.75, 3.05) is 0 Å². The van der Waals surface area contributed by atoms with Gasteiger partial charge in [-0.05, 0) is 80.6 Å². The minimum absolute atomic E-state index is 0.354. The molecule has 0 saturated carbocycles. The molecule has 0 spiro atoms. The number of benzene rings is 5. The van der Waals surface area contributed by atoms with E-state index < -0.39 is 0 Å². The standard InChI is InChI=1S/C45H31N3S/c1-2-29(32-21-23-39-37-19-10-9-17-35(37)36-18-11-12-20-38(36)41(39)26-32)25-34-28-49-42-24-22-33(27-40(34)42)45-47-43(30-13-5-3-6-14-30)46-44(48-45)31-15-7-4-8-16-31/h2-22,24-28,39H,1,23H2/b29-25+. The number of hydrogen-bond donors (Lipinski definition) is 0. The molecule has 2 aliphatic rings. The van der Waals surface area contributed by atoms with Crippen LogP contribution in [0.25, 0.3) is 67.0 Å². The number of nitrogens with zero attached hydrogens (tertiary/aromatic N) is 3. The summed E-state index contributed by atoms with van der Waals surface area (Å²) in [5.74, 6) is 2.33. The molecule has 0 aliphatic heterocycles. The van der Waals surface area contributed by atoms with Gasteiger partial charge in [0.2, 0.25) is 0 Å². The Morgan fingerprint density at radius 1 is 0.653 bits per heavy atom. The fourth-order valence-electron chi connectivity index (χ4n) is 7.14. The first kappa shape index (κ1) is 29.2. The van der Waals surface area contributed by atoms with E-state index in [9.17, 15) is 0 Å². The van der Waals surface area contributed by atoms with Crippen molar-refractivity contribution in [3.63, 3.8) is 0 Å². The third-order valence-corrected chi connectivity index (χ3v) is 10.5. The van der Waals surface area contributed by atoms with Crippen LogP contribution >= 0.6 is 11.3 Å². The van der Waals surface area contributed by atoms with E-state index in [0.29, 0.717) is 23.4 Å². The van der Waals surface area contributed by atoms with E-state index >= 15 is 0 Å². The molecule has 1 atom stereocenters. The Bertz CT molecular complexity index is 2430. The van der Waals surface area contributed by atoms with Crippen LogP contribution in [0.3, 0.4) is 0 Å². The first-order chi connectivity index (χ1) is 24.2. The van der Waals surface area contributed by atoms with Crippen molar-refractivity contribution in [2.45, 2.75) is 12.3 Å². The molecule has 232 valence electrons. The van der Waals surface area contributed by atoms with Gasteiger partial charge in [0.1, 0.15) is 0 Å². The van der Waals surface area contributed by atoms with Gasteiger partial charge in [-0.15, -0.1) is 11.3 Å². The normalized spacial score (nSPS) is 15.1. The minimum atomic E-state index is 0.354. The molecule has 2 heterocycles. The second kappa shape index (κ2) is 12.2. The Labute approximate surface area is 290 Å². The average molecular weight is 646 g/mol. The molecule has 0 N–H and O–H groups in total. The highest BCUT2D eigenvalue weighted by molar-refractivity contribution is 7.17. The van der Waals surface area contributed by atoms with E-state index in [2.05, 4.69) is 96.9 Å². The van der Waals surface area contributed by atoms with Crippen molar-refractivity contribution in [2.24, 2.45) is 0 Å². The van der Waals surface area contributed by atoms with Gasteiger partial charge < -0.3 is 0 Å². The first-order valence-electron chi connectivity index (χ1n) is 16.6. The van der Waals surface area contributed by atoms with Crippen LogP contribution in [0.5, 0.6) is 0 Å². The third-order valence-electron chi connectivity index (χ3n) is 9.55. The van der Waals surface area contributed by atoms with Gasteiger partial charge in [-0.1, -0.05) is 134 Å². The van der Waals surface area contributed by atoms with E-state index in [0.717, 1.165) is 34.2 Å². The van der Waals surface area contributed by atoms with E-state index in [-0.39, 0.29) is 0 Å². The van der Waals surface area contributed by atoms with Gasteiger partial charge in [-0.2, -0.15) is 0 Å². The molecule has 0 amide bonds. The van der Waals surface area contributed by atoms with Crippen LogP contribution in [-0.2, 0) is 0 Å². The van der Waals surface area contributed by atoms with Gasteiger partial charge >= 0.3 is 0 Å². The highest BCUT2D eigenvalue weighted by atomic mass is 32.1. The van der Waals surface area contributed by atoms with Crippen molar-refractivity contribution >= 4 is 33.1 Å². The van der Waals surface area contributed by atoms with Crippen molar-refractivity contribution < 1.29 is 0 Å². The van der Waals surface area contributed by atoms with Crippen LogP contribution in [0, 0.1) is 0 Å². The minimum Gasteiger partial charge on any atom is -0.208 e. The third kappa shape index (κ3) is 5.27. The average Bonchev–Trinajstić information content (AvgIpc) is 3.59. The highest BCUT2D eigenvalue weighted by Gasteiger charge is 2.30. The summed E-state index contributed by atoms with van der Waals surface area (Å²) in [6.07, 6.45) is 9.99. The molecule has 3 nitrogen and oxygen atoms in total. The molecule has 7 aromatic rings. The van der Waals surface area contributed by atoms with Crippen LogP contribution in [-0.4, -0.2) is 15.0 Å². The molecule has 1 unspecified atom stereocenters. The Balaban J connectivity index is 1.12. The van der Waals surface area contributed by atoms with Crippen LogP contribution in [0.4, 0.5) is 0 Å². The fraction of sp³-hybridized carbons (Fsp3) is 0.0444. The monoisotopic (exact) mass is 645 g/mol. The van der Waals surface area contributed by atoms with Crippen LogP contribution in [0.15, 0.2) is 169 Å². The molecule has 0 radical (unpaired) electrons. The van der Waals surface area contributed by atoms with E-state index in [1.807, 2.05) is 66.7 Å². The fourth-order valence-corrected chi connectivity index (χ4v) is 8.04. The molecule has 9 rings (SSSR count). The maximum atomic E-state index is 4.98. The Hall–Kier alpha value is -5.97. The topological polar surface area (TPSA) is 38.7 Å². The summed E-state index contributed by atoms with van der Waals surface area (Å²) in [6, 6.07) is 44.4. The zero-order valence-corrected chi connectivity index (χ0v) is 27.6. The second-order valence-corrected chi connectivity index (χ2v) is 13.3. The van der Waals surface area contributed by atoms with Crippen molar-refractivity contribution in [1.29, 1.82) is 0 Å². The Morgan fingerprint density at radius 3 is 1.96 bits per heavy atom. The quantitative estimate of drug-likeness (QED) is 0.169. The number of fused-ring (bicyclic) bond motifs is 7. The summed E-state index contributed by atoms with van der Waals surface area (Å²) in [4.78, 5) is 14.8. The maximum absolute atomic E-state index is 4.98. The van der Waals surface area contributed by atoms with E-state index in [1.165, 1.54) is 43.5 Å². The first-order valence-corrected chi connectivity index (χ1v) is 17.4. The van der Waals surface area contributed by atoms with Gasteiger partial charge in [0, 0.05) is 32.7 Å². The molecule has 2 aromatic heterocycles. The molecule has 0 bridgehead atoms. The van der Waals surface area contributed by atoms with Crippen LogP contribution < -0.4 is 0 Å². The SMILES string of the molecule is C=C/C(=C\c1csc2ccc(-c3nc(-c4ccccc4)nc(-c4ccccc4)n3)cc12)C1=CCC2C(=C1)c1ccccc1-c1ccccc12. The van der Waals surface area contributed by atoms with Crippen LogP contribution in [0.1, 0.15) is 29.0 Å². The molecule has 5 aromatic carbocycles. The lowest BCUT2D eigenvalue weighted by atomic mass is 9.71. The summed E-state index contributed by atoms with van der Waals surface area (Å²) in [7, 11) is 0. The lowest BCUT2D eigenvalue weighted by Crippen LogP contribution is -2.13.